The second-order valence-electron chi connectivity index (χ2n) is 10.7. The van der Waals surface area contributed by atoms with Crippen LogP contribution in [0.5, 0.6) is 0 Å². The molecule has 1 aromatic heterocycles. The molecule has 0 saturated carbocycles. The van der Waals surface area contributed by atoms with Gasteiger partial charge in [0, 0.05) is 5.56 Å². The maximum Gasteiger partial charge on any atom is 0.145 e. The number of fused-ring (bicyclic) bond motifs is 9. The Bertz CT molecular complexity index is 2050. The maximum atomic E-state index is 5.29. The summed E-state index contributed by atoms with van der Waals surface area (Å²) in [5.41, 5.74) is 14.5. The molecule has 0 atom stereocenters. The lowest BCUT2D eigenvalue weighted by Gasteiger charge is -2.39. The molecular weight excluding hydrogens is 484 g/mol. The van der Waals surface area contributed by atoms with Crippen molar-refractivity contribution in [1.82, 2.24) is 9.55 Å². The van der Waals surface area contributed by atoms with E-state index in [4.69, 9.17) is 4.98 Å². The Balaban J connectivity index is 1.37. The fourth-order valence-corrected chi connectivity index (χ4v) is 7.25. The van der Waals surface area contributed by atoms with Gasteiger partial charge in [0.25, 0.3) is 0 Å². The lowest BCUT2D eigenvalue weighted by molar-refractivity contribution is 0.746. The van der Waals surface area contributed by atoms with Gasteiger partial charge in [-0.3, -0.25) is 4.57 Å². The number of hydrogen-bond acceptors (Lipinski definition) is 1. The van der Waals surface area contributed by atoms with E-state index in [1.54, 1.807) is 0 Å². The van der Waals surface area contributed by atoms with Crippen LogP contribution in [0.1, 0.15) is 22.3 Å². The molecular formula is C38H24N2. The Morgan fingerprint density at radius 3 is 1.70 bits per heavy atom. The fourth-order valence-electron chi connectivity index (χ4n) is 7.25. The fraction of sp³-hybridized carbons (Fsp3) is 0.0263. The van der Waals surface area contributed by atoms with Crippen LogP contribution < -0.4 is 0 Å². The summed E-state index contributed by atoms with van der Waals surface area (Å²) in [6.07, 6.45) is 0. The SMILES string of the molecule is c1ccc(-c2ccc(-c3nc4cccc5c4n3-c3ccccc3C53c4ccccc4-c4ccccc43)cc2)cc1. The van der Waals surface area contributed by atoms with E-state index in [-0.39, 0.29) is 0 Å². The predicted molar refractivity (Wildman–Crippen MR) is 163 cm³/mol. The van der Waals surface area contributed by atoms with E-state index < -0.39 is 5.41 Å². The number of benzene rings is 6. The van der Waals surface area contributed by atoms with Crippen molar-refractivity contribution in [1.29, 1.82) is 0 Å². The van der Waals surface area contributed by atoms with Gasteiger partial charge in [-0.15, -0.1) is 0 Å². The van der Waals surface area contributed by atoms with Crippen LogP contribution in [-0.2, 0) is 5.41 Å². The van der Waals surface area contributed by atoms with E-state index in [9.17, 15) is 0 Å². The largest absolute Gasteiger partial charge is 0.292 e. The van der Waals surface area contributed by atoms with Crippen molar-refractivity contribution in [2.24, 2.45) is 0 Å². The Morgan fingerprint density at radius 1 is 0.425 bits per heavy atom. The van der Waals surface area contributed by atoms with Gasteiger partial charge in [-0.2, -0.15) is 0 Å². The van der Waals surface area contributed by atoms with Gasteiger partial charge in [-0.1, -0.05) is 133 Å². The van der Waals surface area contributed by atoms with Gasteiger partial charge in [-0.05, 0) is 56.6 Å². The zero-order chi connectivity index (χ0) is 26.3. The highest BCUT2D eigenvalue weighted by atomic mass is 15.1. The van der Waals surface area contributed by atoms with E-state index in [1.807, 2.05) is 0 Å². The minimum atomic E-state index is -0.395. The molecule has 2 heteroatoms. The number of para-hydroxylation sites is 2. The Labute approximate surface area is 232 Å². The van der Waals surface area contributed by atoms with Gasteiger partial charge in [0.2, 0.25) is 0 Å². The molecule has 9 rings (SSSR count). The van der Waals surface area contributed by atoms with E-state index in [2.05, 4.69) is 150 Å². The molecule has 1 spiro atoms. The third kappa shape index (κ3) is 2.65. The first-order valence-electron chi connectivity index (χ1n) is 13.8. The van der Waals surface area contributed by atoms with Crippen molar-refractivity contribution in [2.45, 2.75) is 5.41 Å². The Morgan fingerprint density at radius 2 is 0.975 bits per heavy atom. The first-order valence-corrected chi connectivity index (χ1v) is 13.8. The lowest BCUT2D eigenvalue weighted by atomic mass is 9.65. The molecule has 2 nitrogen and oxygen atoms in total. The monoisotopic (exact) mass is 508 g/mol. The minimum Gasteiger partial charge on any atom is -0.292 e. The smallest absolute Gasteiger partial charge is 0.145 e. The normalized spacial score (nSPS) is 13.7. The summed E-state index contributed by atoms with van der Waals surface area (Å²) in [5, 5.41) is 0. The topological polar surface area (TPSA) is 17.8 Å². The van der Waals surface area contributed by atoms with Crippen LogP contribution in [0.15, 0.2) is 146 Å². The molecule has 0 unspecified atom stereocenters. The average Bonchev–Trinajstić information content (AvgIpc) is 3.56. The molecule has 40 heavy (non-hydrogen) atoms. The molecule has 0 amide bonds. The predicted octanol–water partition coefficient (Wildman–Crippen LogP) is 9.04. The lowest BCUT2D eigenvalue weighted by Crippen LogP contribution is -2.33. The van der Waals surface area contributed by atoms with Crippen LogP contribution in [0.2, 0.25) is 0 Å². The molecule has 186 valence electrons. The number of hydrogen-bond donors (Lipinski definition) is 0. The number of imidazole rings is 1. The van der Waals surface area contributed by atoms with Crippen LogP contribution in [0.4, 0.5) is 0 Å². The molecule has 0 saturated heterocycles. The third-order valence-corrected chi connectivity index (χ3v) is 8.83. The van der Waals surface area contributed by atoms with Crippen LogP contribution in [0.25, 0.3) is 50.4 Å². The average molecular weight is 509 g/mol. The second-order valence-corrected chi connectivity index (χ2v) is 10.7. The van der Waals surface area contributed by atoms with Crippen molar-refractivity contribution in [3.63, 3.8) is 0 Å². The van der Waals surface area contributed by atoms with Crippen molar-refractivity contribution >= 4 is 11.0 Å². The summed E-state index contributed by atoms with van der Waals surface area (Å²) in [7, 11) is 0. The standard InChI is InChI=1S/C38H24N2/c1-2-11-25(12-3-1)26-21-23-27(24-22-26)37-39-34-19-10-18-33-36(34)40(37)35-20-9-8-17-32(35)38(33)30-15-6-4-13-28(30)29-14-5-7-16-31(29)38/h1-24H. The highest BCUT2D eigenvalue weighted by molar-refractivity contribution is 5.97. The summed E-state index contributed by atoms with van der Waals surface area (Å²) in [5.74, 6) is 0.976. The van der Waals surface area contributed by atoms with Crippen molar-refractivity contribution in [3.05, 3.63) is 168 Å². The zero-order valence-electron chi connectivity index (χ0n) is 21.8. The molecule has 6 aromatic carbocycles. The summed E-state index contributed by atoms with van der Waals surface area (Å²) in [6, 6.07) is 52.8. The van der Waals surface area contributed by atoms with Crippen LogP contribution in [0, 0.1) is 0 Å². The van der Waals surface area contributed by atoms with Gasteiger partial charge in [-0.25, -0.2) is 4.98 Å². The molecule has 0 fully saturated rings. The molecule has 2 aliphatic rings. The number of nitrogens with zero attached hydrogens (tertiary/aromatic N) is 2. The summed E-state index contributed by atoms with van der Waals surface area (Å²) in [6.45, 7) is 0. The van der Waals surface area contributed by atoms with Crippen LogP contribution >= 0.6 is 0 Å². The summed E-state index contributed by atoms with van der Waals surface area (Å²) >= 11 is 0. The second kappa shape index (κ2) is 7.91. The quantitative estimate of drug-likeness (QED) is 0.228. The van der Waals surface area contributed by atoms with Crippen LogP contribution in [-0.4, -0.2) is 9.55 Å². The molecule has 0 radical (unpaired) electrons. The maximum absolute atomic E-state index is 5.29. The summed E-state index contributed by atoms with van der Waals surface area (Å²) in [4.78, 5) is 5.29. The number of rotatable bonds is 2. The van der Waals surface area contributed by atoms with Crippen molar-refractivity contribution in [2.75, 3.05) is 0 Å². The molecule has 2 heterocycles. The van der Waals surface area contributed by atoms with Crippen LogP contribution in [0.3, 0.4) is 0 Å². The van der Waals surface area contributed by atoms with E-state index >= 15 is 0 Å². The van der Waals surface area contributed by atoms with Gasteiger partial charge < -0.3 is 0 Å². The molecule has 1 aliphatic heterocycles. The first-order chi connectivity index (χ1) is 19.9. The third-order valence-electron chi connectivity index (χ3n) is 8.83. The highest BCUT2D eigenvalue weighted by Gasteiger charge is 2.50. The molecule has 0 bridgehead atoms. The van der Waals surface area contributed by atoms with Gasteiger partial charge >= 0.3 is 0 Å². The molecule has 7 aromatic rings. The van der Waals surface area contributed by atoms with Gasteiger partial charge in [0.1, 0.15) is 5.82 Å². The zero-order valence-corrected chi connectivity index (χ0v) is 21.8. The van der Waals surface area contributed by atoms with E-state index in [0.717, 1.165) is 16.9 Å². The molecule has 1 aliphatic carbocycles. The Hall–Kier alpha value is -5.21. The van der Waals surface area contributed by atoms with Gasteiger partial charge in [0.05, 0.1) is 22.1 Å². The van der Waals surface area contributed by atoms with Crippen molar-refractivity contribution in [3.8, 4) is 39.3 Å². The molecule has 0 N–H and O–H groups in total. The first kappa shape index (κ1) is 21.7. The van der Waals surface area contributed by atoms with Gasteiger partial charge in [0.15, 0.2) is 0 Å². The summed E-state index contributed by atoms with van der Waals surface area (Å²) < 4.78 is 2.40. The number of aromatic nitrogens is 2. The highest BCUT2D eigenvalue weighted by Crippen LogP contribution is 2.60. The van der Waals surface area contributed by atoms with E-state index in [1.165, 1.54) is 55.7 Å². The Kier molecular flexibility index (Phi) is 4.29. The van der Waals surface area contributed by atoms with E-state index in [0.29, 0.717) is 0 Å². The minimum absolute atomic E-state index is 0.395. The van der Waals surface area contributed by atoms with Crippen molar-refractivity contribution < 1.29 is 0 Å².